The predicted molar refractivity (Wildman–Crippen MR) is 55.2 cm³/mol. The molecule has 80 valence electrons. The third kappa shape index (κ3) is 2.08. The molecule has 5 heteroatoms. The van der Waals surface area contributed by atoms with Gasteiger partial charge in [0.1, 0.15) is 6.61 Å². The molecule has 0 spiro atoms. The van der Waals surface area contributed by atoms with E-state index in [1.165, 1.54) is 4.90 Å². The quantitative estimate of drug-likeness (QED) is 0.714. The number of nitrogens with zero attached hydrogens (tertiary/aromatic N) is 1. The SMILES string of the molecule is CC(Br)C(=O)N1C(=O)OC[C@@H]1C(C)C. The summed E-state index contributed by atoms with van der Waals surface area (Å²) in [7, 11) is 0. The van der Waals surface area contributed by atoms with E-state index in [2.05, 4.69) is 15.9 Å². The van der Waals surface area contributed by atoms with E-state index in [9.17, 15) is 9.59 Å². The van der Waals surface area contributed by atoms with Gasteiger partial charge in [-0.15, -0.1) is 0 Å². The Morgan fingerprint density at radius 3 is 2.57 bits per heavy atom. The maximum Gasteiger partial charge on any atom is 0.417 e. The summed E-state index contributed by atoms with van der Waals surface area (Å²) in [5.41, 5.74) is 0. The van der Waals surface area contributed by atoms with Gasteiger partial charge in [0.2, 0.25) is 5.91 Å². The van der Waals surface area contributed by atoms with Gasteiger partial charge in [-0.05, 0) is 12.8 Å². The summed E-state index contributed by atoms with van der Waals surface area (Å²) in [5.74, 6) is -0.0112. The van der Waals surface area contributed by atoms with Crippen LogP contribution in [-0.4, -0.2) is 34.4 Å². The molecule has 0 saturated carbocycles. The molecule has 1 saturated heterocycles. The van der Waals surface area contributed by atoms with Crippen molar-refractivity contribution in [1.82, 2.24) is 4.90 Å². The fourth-order valence-corrected chi connectivity index (χ4v) is 1.59. The van der Waals surface area contributed by atoms with Gasteiger partial charge in [-0.1, -0.05) is 29.8 Å². The molecule has 0 aromatic heterocycles. The van der Waals surface area contributed by atoms with Gasteiger partial charge in [0.05, 0.1) is 10.9 Å². The van der Waals surface area contributed by atoms with E-state index in [0.29, 0.717) is 6.61 Å². The van der Waals surface area contributed by atoms with E-state index in [4.69, 9.17) is 4.74 Å². The average Bonchev–Trinajstić information content (AvgIpc) is 2.45. The van der Waals surface area contributed by atoms with E-state index in [0.717, 1.165) is 0 Å². The van der Waals surface area contributed by atoms with Crippen LogP contribution in [0.3, 0.4) is 0 Å². The Balaban J connectivity index is 2.82. The Morgan fingerprint density at radius 1 is 1.57 bits per heavy atom. The summed E-state index contributed by atoms with van der Waals surface area (Å²) in [5, 5.41) is 0. The maximum absolute atomic E-state index is 11.6. The lowest BCUT2D eigenvalue weighted by Crippen LogP contribution is -2.44. The molecular formula is C9H14BrNO3. The van der Waals surface area contributed by atoms with E-state index >= 15 is 0 Å². The van der Waals surface area contributed by atoms with Gasteiger partial charge in [-0.2, -0.15) is 0 Å². The highest BCUT2D eigenvalue weighted by atomic mass is 79.9. The van der Waals surface area contributed by atoms with Crippen LogP contribution < -0.4 is 0 Å². The van der Waals surface area contributed by atoms with Crippen molar-refractivity contribution in [2.45, 2.75) is 31.6 Å². The molecule has 1 aliphatic rings. The largest absolute Gasteiger partial charge is 0.447 e. The first-order valence-corrected chi connectivity index (χ1v) is 5.50. The summed E-state index contributed by atoms with van der Waals surface area (Å²) < 4.78 is 4.86. The zero-order chi connectivity index (χ0) is 10.9. The molecular weight excluding hydrogens is 250 g/mol. The number of imide groups is 1. The number of amides is 2. The number of rotatable bonds is 2. The molecule has 0 aliphatic carbocycles. The molecule has 1 heterocycles. The maximum atomic E-state index is 11.6. The summed E-state index contributed by atoms with van der Waals surface area (Å²) >= 11 is 3.15. The second-order valence-corrected chi connectivity index (χ2v) is 5.09. The van der Waals surface area contributed by atoms with Crippen molar-refractivity contribution in [2.24, 2.45) is 5.92 Å². The molecule has 0 N–H and O–H groups in total. The van der Waals surface area contributed by atoms with Crippen molar-refractivity contribution in [3.8, 4) is 0 Å². The van der Waals surface area contributed by atoms with Crippen molar-refractivity contribution in [3.63, 3.8) is 0 Å². The normalized spacial score (nSPS) is 23.9. The molecule has 0 aromatic carbocycles. The van der Waals surface area contributed by atoms with Crippen molar-refractivity contribution in [3.05, 3.63) is 0 Å². The van der Waals surface area contributed by atoms with Gasteiger partial charge in [-0.25, -0.2) is 9.69 Å². The molecule has 1 fully saturated rings. The minimum absolute atomic E-state index is 0.130. The minimum atomic E-state index is -0.528. The lowest BCUT2D eigenvalue weighted by atomic mass is 10.0. The minimum Gasteiger partial charge on any atom is -0.447 e. The van der Waals surface area contributed by atoms with Crippen LogP contribution in [0.5, 0.6) is 0 Å². The van der Waals surface area contributed by atoms with Crippen LogP contribution in [-0.2, 0) is 9.53 Å². The Bertz CT molecular complexity index is 252. The van der Waals surface area contributed by atoms with Crippen LogP contribution in [0.1, 0.15) is 20.8 Å². The number of alkyl halides is 1. The van der Waals surface area contributed by atoms with Gasteiger partial charge < -0.3 is 4.74 Å². The molecule has 0 radical (unpaired) electrons. The van der Waals surface area contributed by atoms with Crippen molar-refractivity contribution in [2.75, 3.05) is 6.61 Å². The summed E-state index contributed by atoms with van der Waals surface area (Å²) in [4.78, 5) is 23.8. The van der Waals surface area contributed by atoms with Crippen molar-refractivity contribution >= 4 is 27.9 Å². The van der Waals surface area contributed by atoms with E-state index in [1.807, 2.05) is 13.8 Å². The molecule has 14 heavy (non-hydrogen) atoms. The monoisotopic (exact) mass is 263 g/mol. The molecule has 0 bridgehead atoms. The van der Waals surface area contributed by atoms with Gasteiger partial charge in [-0.3, -0.25) is 4.79 Å². The fourth-order valence-electron chi connectivity index (χ4n) is 1.37. The second kappa shape index (κ2) is 4.29. The van der Waals surface area contributed by atoms with E-state index in [1.54, 1.807) is 6.92 Å². The molecule has 2 amide bonds. The van der Waals surface area contributed by atoms with Gasteiger partial charge >= 0.3 is 6.09 Å². The lowest BCUT2D eigenvalue weighted by Gasteiger charge is -2.23. The average molecular weight is 264 g/mol. The summed E-state index contributed by atoms with van der Waals surface area (Å²) in [6.45, 7) is 5.94. The second-order valence-electron chi connectivity index (χ2n) is 3.71. The molecule has 1 unspecified atom stereocenters. The Hall–Kier alpha value is -0.580. The topological polar surface area (TPSA) is 46.6 Å². The number of carbonyl (C=O) groups excluding carboxylic acids is 2. The fraction of sp³-hybridized carbons (Fsp3) is 0.778. The van der Waals surface area contributed by atoms with Crippen LogP contribution in [0, 0.1) is 5.92 Å². The number of cyclic esters (lactones) is 1. The number of carbonyl (C=O) groups is 2. The van der Waals surface area contributed by atoms with Crippen LogP contribution in [0.25, 0.3) is 0 Å². The summed E-state index contributed by atoms with van der Waals surface area (Å²) in [6.07, 6.45) is -0.528. The standard InChI is InChI=1S/C9H14BrNO3/c1-5(2)7-4-14-9(13)11(7)8(12)6(3)10/h5-7H,4H2,1-3H3/t6?,7-/m1/s1. The smallest absolute Gasteiger partial charge is 0.417 e. The van der Waals surface area contributed by atoms with Crippen LogP contribution >= 0.6 is 15.9 Å². The zero-order valence-corrected chi connectivity index (χ0v) is 10.1. The summed E-state index contributed by atoms with van der Waals surface area (Å²) in [6, 6.07) is -0.130. The first-order valence-electron chi connectivity index (χ1n) is 4.59. The van der Waals surface area contributed by atoms with Crippen LogP contribution in [0.15, 0.2) is 0 Å². The number of halogens is 1. The van der Waals surface area contributed by atoms with Gasteiger partial charge in [0.15, 0.2) is 0 Å². The highest BCUT2D eigenvalue weighted by Gasteiger charge is 2.40. The first-order chi connectivity index (χ1) is 6.45. The van der Waals surface area contributed by atoms with Crippen molar-refractivity contribution in [1.29, 1.82) is 0 Å². The molecule has 4 nitrogen and oxygen atoms in total. The number of hydrogen-bond acceptors (Lipinski definition) is 3. The highest BCUT2D eigenvalue weighted by molar-refractivity contribution is 9.10. The molecule has 2 atom stereocenters. The zero-order valence-electron chi connectivity index (χ0n) is 8.49. The Kier molecular flexibility index (Phi) is 3.53. The third-order valence-corrected chi connectivity index (χ3v) is 2.64. The third-order valence-electron chi connectivity index (χ3n) is 2.25. The van der Waals surface area contributed by atoms with E-state index in [-0.39, 0.29) is 22.7 Å². The van der Waals surface area contributed by atoms with Crippen LogP contribution in [0.4, 0.5) is 4.79 Å². The molecule has 0 aromatic rings. The van der Waals surface area contributed by atoms with Crippen LogP contribution in [0.2, 0.25) is 0 Å². The predicted octanol–water partition coefficient (Wildman–Crippen LogP) is 1.77. The van der Waals surface area contributed by atoms with Gasteiger partial charge in [0, 0.05) is 0 Å². The Morgan fingerprint density at radius 2 is 2.14 bits per heavy atom. The first kappa shape index (κ1) is 11.5. The molecule has 1 rings (SSSR count). The molecule has 1 aliphatic heterocycles. The van der Waals surface area contributed by atoms with E-state index < -0.39 is 6.09 Å². The number of hydrogen-bond donors (Lipinski definition) is 0. The Labute approximate surface area is 91.7 Å². The lowest BCUT2D eigenvalue weighted by molar-refractivity contribution is -0.128. The highest BCUT2D eigenvalue weighted by Crippen LogP contribution is 2.21. The number of ether oxygens (including phenoxy) is 1. The van der Waals surface area contributed by atoms with Crippen molar-refractivity contribution < 1.29 is 14.3 Å². The van der Waals surface area contributed by atoms with Gasteiger partial charge in [0.25, 0.3) is 0 Å².